The lowest BCUT2D eigenvalue weighted by atomic mass is 9.74. The highest BCUT2D eigenvalue weighted by Crippen LogP contribution is 2.44. The number of piperazine rings is 1. The van der Waals surface area contributed by atoms with Crippen LogP contribution in [0.1, 0.15) is 46.6 Å². The molecule has 0 saturated carbocycles. The molecule has 0 aromatic heterocycles. The molecule has 0 spiro atoms. The van der Waals surface area contributed by atoms with E-state index in [9.17, 15) is 27.5 Å². The van der Waals surface area contributed by atoms with Crippen LogP contribution >= 0.6 is 0 Å². The summed E-state index contributed by atoms with van der Waals surface area (Å²) in [6.45, 7) is 8.25. The Morgan fingerprint density at radius 2 is 1.64 bits per heavy atom. The number of methoxy groups -OCH3 is 1. The molecule has 1 heterocycles. The molecule has 1 N–H and O–H groups in total. The van der Waals surface area contributed by atoms with E-state index >= 15 is 0 Å². The highest BCUT2D eigenvalue weighted by Gasteiger charge is 2.57. The van der Waals surface area contributed by atoms with Crippen LogP contribution < -0.4 is 4.74 Å². The molecule has 1 aromatic carbocycles. The number of halogens is 4. The van der Waals surface area contributed by atoms with Crippen LogP contribution in [0.15, 0.2) is 18.2 Å². The van der Waals surface area contributed by atoms with Crippen molar-refractivity contribution < 1.29 is 36.9 Å². The van der Waals surface area contributed by atoms with Crippen LogP contribution in [0.3, 0.4) is 0 Å². The Morgan fingerprint density at radius 3 is 2.12 bits per heavy atom. The van der Waals surface area contributed by atoms with E-state index in [1.54, 1.807) is 20.8 Å². The molecule has 2 rings (SSSR count). The van der Waals surface area contributed by atoms with Gasteiger partial charge < -0.3 is 19.5 Å². The van der Waals surface area contributed by atoms with Crippen LogP contribution in [0, 0.1) is 5.82 Å². The SMILES string of the molecule is COc1ccc(F)cc1C(C)(C)CC(O)(CN1CCN(C(=O)OC(C)(C)C)CC1)C(F)(F)F. The number of hydrogen-bond acceptors (Lipinski definition) is 5. The smallest absolute Gasteiger partial charge is 0.418 e. The third kappa shape index (κ3) is 6.96. The van der Waals surface area contributed by atoms with Crippen molar-refractivity contribution in [2.24, 2.45) is 0 Å². The number of benzene rings is 1. The average molecular weight is 479 g/mol. The van der Waals surface area contributed by atoms with Crippen molar-refractivity contribution >= 4 is 6.09 Å². The van der Waals surface area contributed by atoms with Crippen LogP contribution in [0.5, 0.6) is 5.75 Å². The maximum atomic E-state index is 14.1. The van der Waals surface area contributed by atoms with Gasteiger partial charge in [-0.2, -0.15) is 13.2 Å². The lowest BCUT2D eigenvalue weighted by molar-refractivity contribution is -0.272. The van der Waals surface area contributed by atoms with E-state index in [-0.39, 0.29) is 37.5 Å². The van der Waals surface area contributed by atoms with Gasteiger partial charge in [0.1, 0.15) is 17.2 Å². The van der Waals surface area contributed by atoms with E-state index in [1.165, 1.54) is 42.9 Å². The van der Waals surface area contributed by atoms with Gasteiger partial charge in [-0.25, -0.2) is 9.18 Å². The van der Waals surface area contributed by atoms with Gasteiger partial charge in [-0.3, -0.25) is 4.90 Å². The van der Waals surface area contributed by atoms with Gasteiger partial charge in [0.15, 0.2) is 5.60 Å². The first-order valence-corrected chi connectivity index (χ1v) is 10.8. The number of alkyl halides is 3. The number of aliphatic hydroxyl groups is 1. The molecular weight excluding hydrogens is 444 g/mol. The second-order valence-corrected chi connectivity index (χ2v) is 10.2. The summed E-state index contributed by atoms with van der Waals surface area (Å²) in [7, 11) is 1.35. The van der Waals surface area contributed by atoms with E-state index in [0.29, 0.717) is 0 Å². The zero-order chi connectivity index (χ0) is 25.2. The largest absolute Gasteiger partial charge is 0.496 e. The Bertz CT molecular complexity index is 831. The number of β-amino-alcohol motifs (C(OH)–C–C–N with tert-alkyl or cyclic N) is 1. The summed E-state index contributed by atoms with van der Waals surface area (Å²) in [6.07, 6.45) is -6.14. The third-order valence-corrected chi connectivity index (χ3v) is 5.66. The topological polar surface area (TPSA) is 62.2 Å². The molecule has 1 aliphatic heterocycles. The molecule has 0 aliphatic carbocycles. The van der Waals surface area contributed by atoms with Crippen LogP contribution in [0.4, 0.5) is 22.4 Å². The second kappa shape index (κ2) is 9.66. The number of rotatable bonds is 6. The number of amides is 1. The first-order chi connectivity index (χ1) is 15.0. The summed E-state index contributed by atoms with van der Waals surface area (Å²) >= 11 is 0. The maximum Gasteiger partial charge on any atom is 0.418 e. The molecule has 0 bridgehead atoms. The van der Waals surface area contributed by atoms with Gasteiger partial charge in [0.05, 0.1) is 7.11 Å². The number of nitrogens with zero attached hydrogens (tertiary/aromatic N) is 2. The van der Waals surface area contributed by atoms with Crippen LogP contribution in [-0.4, -0.2) is 78.2 Å². The molecule has 33 heavy (non-hydrogen) atoms. The van der Waals surface area contributed by atoms with Crippen LogP contribution in [0.25, 0.3) is 0 Å². The van der Waals surface area contributed by atoms with Crippen molar-refractivity contribution in [1.29, 1.82) is 0 Å². The van der Waals surface area contributed by atoms with Gasteiger partial charge in [-0.05, 0) is 50.8 Å². The molecule has 1 fully saturated rings. The number of hydrogen-bond donors (Lipinski definition) is 1. The predicted molar refractivity (Wildman–Crippen MR) is 116 cm³/mol. The van der Waals surface area contributed by atoms with Crippen molar-refractivity contribution in [2.75, 3.05) is 39.8 Å². The zero-order valence-electron chi connectivity index (χ0n) is 20.1. The first kappa shape index (κ1) is 27.2. The summed E-state index contributed by atoms with van der Waals surface area (Å²) < 4.78 is 66.7. The van der Waals surface area contributed by atoms with E-state index in [4.69, 9.17) is 9.47 Å². The monoisotopic (exact) mass is 478 g/mol. The first-order valence-electron chi connectivity index (χ1n) is 10.8. The minimum absolute atomic E-state index is 0.154. The summed E-state index contributed by atoms with van der Waals surface area (Å²) in [6, 6.07) is 3.66. The fourth-order valence-corrected chi connectivity index (χ4v) is 4.07. The van der Waals surface area contributed by atoms with Gasteiger partial charge in [0.25, 0.3) is 0 Å². The minimum Gasteiger partial charge on any atom is -0.496 e. The van der Waals surface area contributed by atoms with E-state index in [1.807, 2.05) is 0 Å². The van der Waals surface area contributed by atoms with Crippen molar-refractivity contribution in [1.82, 2.24) is 9.80 Å². The molecule has 1 aromatic rings. The fraction of sp³-hybridized carbons (Fsp3) is 0.696. The Kier molecular flexibility index (Phi) is 7.95. The van der Waals surface area contributed by atoms with E-state index in [0.717, 1.165) is 6.07 Å². The summed E-state index contributed by atoms with van der Waals surface area (Å²) in [5.74, 6) is -0.357. The predicted octanol–water partition coefficient (Wildman–Crippen LogP) is 4.35. The lowest BCUT2D eigenvalue weighted by Gasteiger charge is -2.43. The Morgan fingerprint density at radius 1 is 1.06 bits per heavy atom. The van der Waals surface area contributed by atoms with Crippen molar-refractivity contribution in [3.8, 4) is 5.75 Å². The average Bonchev–Trinajstić information content (AvgIpc) is 2.65. The van der Waals surface area contributed by atoms with Gasteiger partial charge in [0, 0.05) is 38.3 Å². The molecule has 1 amide bonds. The Labute approximate surface area is 192 Å². The van der Waals surface area contributed by atoms with Gasteiger partial charge in [-0.1, -0.05) is 13.8 Å². The molecule has 1 atom stereocenters. The van der Waals surface area contributed by atoms with Crippen LogP contribution in [-0.2, 0) is 10.2 Å². The maximum absolute atomic E-state index is 14.1. The highest BCUT2D eigenvalue weighted by molar-refractivity contribution is 5.68. The van der Waals surface area contributed by atoms with E-state index in [2.05, 4.69) is 0 Å². The Balaban J connectivity index is 2.17. The Hall–Kier alpha value is -2.07. The molecule has 6 nitrogen and oxygen atoms in total. The van der Waals surface area contributed by atoms with Gasteiger partial charge in [0.2, 0.25) is 0 Å². The third-order valence-electron chi connectivity index (χ3n) is 5.66. The lowest BCUT2D eigenvalue weighted by Crippen LogP contribution is -2.59. The quantitative estimate of drug-likeness (QED) is 0.616. The molecule has 1 unspecified atom stereocenters. The number of ether oxygens (including phenoxy) is 2. The molecular formula is C23H34F4N2O4. The normalized spacial score (nSPS) is 18.1. The number of carbonyl (C=O) groups is 1. The van der Waals surface area contributed by atoms with Crippen LogP contribution in [0.2, 0.25) is 0 Å². The van der Waals surface area contributed by atoms with Gasteiger partial charge in [-0.15, -0.1) is 0 Å². The minimum atomic E-state index is -4.92. The number of carbonyl (C=O) groups excluding carboxylic acids is 1. The summed E-state index contributed by atoms with van der Waals surface area (Å²) in [5.41, 5.74) is -4.74. The highest BCUT2D eigenvalue weighted by atomic mass is 19.4. The van der Waals surface area contributed by atoms with Crippen molar-refractivity contribution in [3.63, 3.8) is 0 Å². The molecule has 188 valence electrons. The van der Waals surface area contributed by atoms with Crippen molar-refractivity contribution in [2.45, 2.75) is 63.8 Å². The second-order valence-electron chi connectivity index (χ2n) is 10.2. The molecule has 10 heteroatoms. The zero-order valence-corrected chi connectivity index (χ0v) is 20.1. The fourth-order valence-electron chi connectivity index (χ4n) is 4.07. The molecule has 1 aliphatic rings. The van der Waals surface area contributed by atoms with Crippen molar-refractivity contribution in [3.05, 3.63) is 29.6 Å². The van der Waals surface area contributed by atoms with E-state index < -0.39 is 47.7 Å². The standard InChI is InChI=1S/C23H34F4N2O4/c1-20(2,3)33-19(30)29-11-9-28(10-12-29)15-22(31,23(25,26)27)14-21(4,5)17-13-16(24)7-8-18(17)32-6/h7-8,13,31H,9-12,14-15H2,1-6H3. The summed E-state index contributed by atoms with van der Waals surface area (Å²) in [5, 5.41) is 10.9. The summed E-state index contributed by atoms with van der Waals surface area (Å²) in [4.78, 5) is 15.1. The van der Waals surface area contributed by atoms with Gasteiger partial charge >= 0.3 is 12.3 Å². The molecule has 1 saturated heterocycles. The molecule has 0 radical (unpaired) electrons.